The van der Waals surface area contributed by atoms with Crippen molar-refractivity contribution in [3.63, 3.8) is 0 Å². The molecule has 7 nitrogen and oxygen atoms in total. The summed E-state index contributed by atoms with van der Waals surface area (Å²) in [5, 5.41) is 5.38. The van der Waals surface area contributed by atoms with E-state index >= 15 is 0 Å². The summed E-state index contributed by atoms with van der Waals surface area (Å²) >= 11 is 6.25. The summed E-state index contributed by atoms with van der Waals surface area (Å²) in [7, 11) is 3.65. The molecule has 2 aromatic carbocycles. The second-order valence-corrected chi connectivity index (χ2v) is 8.70. The molecule has 8 heteroatoms. The van der Waals surface area contributed by atoms with Crippen molar-refractivity contribution >= 4 is 23.2 Å². The minimum Gasteiger partial charge on any atom is -0.495 e. The fraction of sp³-hybridized carbons (Fsp3) is 0.231. The number of carbonyl (C=O) groups excluding carboxylic acids is 1. The molecular formula is C26H26ClN5O2. The van der Waals surface area contributed by atoms with Crippen molar-refractivity contribution in [2.24, 2.45) is 7.05 Å². The van der Waals surface area contributed by atoms with E-state index in [1.54, 1.807) is 11.8 Å². The van der Waals surface area contributed by atoms with E-state index in [2.05, 4.69) is 11.0 Å². The number of rotatable bonds is 5. The number of amides is 1. The molecule has 0 saturated carbocycles. The van der Waals surface area contributed by atoms with Gasteiger partial charge in [-0.3, -0.25) is 4.79 Å². The van der Waals surface area contributed by atoms with Crippen molar-refractivity contribution in [1.29, 1.82) is 0 Å². The second kappa shape index (κ2) is 9.27. The summed E-state index contributed by atoms with van der Waals surface area (Å²) in [6.07, 6.45) is 1.96. The standard InChI is InChI=1S/C26H26ClN5O2/c1-29-12-6-10-22(29)21-18-24(32(28-21)20-8-5-7-19(27)17-20)26(33)31-15-13-30(14-16-31)23-9-3-4-11-25(23)34-2/h3-12,17-18H,13-16H2,1-2H3. The Kier molecular flexibility index (Phi) is 6.02. The van der Waals surface area contributed by atoms with Gasteiger partial charge in [0.25, 0.3) is 5.91 Å². The molecule has 1 amide bonds. The van der Waals surface area contributed by atoms with Gasteiger partial charge in [0.15, 0.2) is 0 Å². The van der Waals surface area contributed by atoms with Crippen LogP contribution in [0.3, 0.4) is 0 Å². The van der Waals surface area contributed by atoms with Crippen molar-refractivity contribution in [3.05, 3.63) is 83.6 Å². The molecule has 0 bridgehead atoms. The number of aromatic nitrogens is 3. The minimum atomic E-state index is -0.0485. The number of aryl methyl sites for hydroxylation is 1. The number of anilines is 1. The third-order valence-electron chi connectivity index (χ3n) is 6.18. The average Bonchev–Trinajstić information content (AvgIpc) is 3.50. The van der Waals surface area contributed by atoms with E-state index < -0.39 is 0 Å². The summed E-state index contributed by atoms with van der Waals surface area (Å²) in [6, 6.07) is 21.2. The van der Waals surface area contributed by atoms with Crippen LogP contribution in [0.1, 0.15) is 10.5 Å². The number of methoxy groups -OCH3 is 1. The van der Waals surface area contributed by atoms with Gasteiger partial charge in [0.2, 0.25) is 0 Å². The van der Waals surface area contributed by atoms with Gasteiger partial charge < -0.3 is 19.1 Å². The summed E-state index contributed by atoms with van der Waals surface area (Å²) in [5.41, 5.74) is 4.00. The highest BCUT2D eigenvalue weighted by atomic mass is 35.5. The van der Waals surface area contributed by atoms with E-state index in [1.165, 1.54) is 0 Å². The summed E-state index contributed by atoms with van der Waals surface area (Å²) in [6.45, 7) is 2.67. The lowest BCUT2D eigenvalue weighted by atomic mass is 10.2. The Morgan fingerprint density at radius 2 is 1.76 bits per heavy atom. The highest BCUT2D eigenvalue weighted by Crippen LogP contribution is 2.29. The monoisotopic (exact) mass is 475 g/mol. The molecule has 0 N–H and O–H groups in total. The van der Waals surface area contributed by atoms with Gasteiger partial charge in [0, 0.05) is 44.4 Å². The topological polar surface area (TPSA) is 55.5 Å². The molecule has 1 fully saturated rings. The lowest BCUT2D eigenvalue weighted by molar-refractivity contribution is 0.0737. The molecule has 5 rings (SSSR count). The van der Waals surface area contributed by atoms with Crippen LogP contribution in [0.25, 0.3) is 17.1 Å². The van der Waals surface area contributed by atoms with Crippen LogP contribution in [0.15, 0.2) is 72.9 Å². The lowest BCUT2D eigenvalue weighted by Gasteiger charge is -2.36. The first-order chi connectivity index (χ1) is 16.5. The predicted octanol–water partition coefficient (Wildman–Crippen LogP) is 4.50. The van der Waals surface area contributed by atoms with Gasteiger partial charge in [0.1, 0.15) is 17.1 Å². The van der Waals surface area contributed by atoms with E-state index in [9.17, 15) is 4.79 Å². The van der Waals surface area contributed by atoms with Crippen LogP contribution in [0.4, 0.5) is 5.69 Å². The summed E-state index contributed by atoms with van der Waals surface area (Å²) < 4.78 is 9.21. The van der Waals surface area contributed by atoms with Crippen LogP contribution < -0.4 is 9.64 Å². The van der Waals surface area contributed by atoms with Gasteiger partial charge in [-0.1, -0.05) is 29.8 Å². The van der Waals surface area contributed by atoms with Gasteiger partial charge in [-0.2, -0.15) is 5.10 Å². The Morgan fingerprint density at radius 3 is 2.47 bits per heavy atom. The molecule has 34 heavy (non-hydrogen) atoms. The lowest BCUT2D eigenvalue weighted by Crippen LogP contribution is -2.49. The zero-order valence-electron chi connectivity index (χ0n) is 19.2. The third kappa shape index (κ3) is 4.15. The van der Waals surface area contributed by atoms with Crippen LogP contribution in [0.5, 0.6) is 5.75 Å². The van der Waals surface area contributed by atoms with Crippen LogP contribution in [0.2, 0.25) is 5.02 Å². The molecule has 3 heterocycles. The number of ether oxygens (including phenoxy) is 1. The molecule has 174 valence electrons. The van der Waals surface area contributed by atoms with E-state index in [4.69, 9.17) is 21.4 Å². The van der Waals surface area contributed by atoms with E-state index in [-0.39, 0.29) is 5.91 Å². The summed E-state index contributed by atoms with van der Waals surface area (Å²) in [4.78, 5) is 17.8. The van der Waals surface area contributed by atoms with Crippen LogP contribution in [-0.4, -0.2) is 58.4 Å². The molecule has 1 aliphatic heterocycles. The van der Waals surface area contributed by atoms with Gasteiger partial charge in [0.05, 0.1) is 24.2 Å². The number of benzene rings is 2. The largest absolute Gasteiger partial charge is 0.495 e. The van der Waals surface area contributed by atoms with Crippen LogP contribution in [0, 0.1) is 0 Å². The number of hydrogen-bond acceptors (Lipinski definition) is 4. The first kappa shape index (κ1) is 22.1. The number of hydrogen-bond donors (Lipinski definition) is 0. The Balaban J connectivity index is 1.43. The van der Waals surface area contributed by atoms with Gasteiger partial charge >= 0.3 is 0 Å². The van der Waals surface area contributed by atoms with Gasteiger partial charge in [-0.25, -0.2) is 4.68 Å². The Hall–Kier alpha value is -3.71. The average molecular weight is 476 g/mol. The smallest absolute Gasteiger partial charge is 0.272 e. The number of piperazine rings is 1. The first-order valence-electron chi connectivity index (χ1n) is 11.2. The van der Waals surface area contributed by atoms with Crippen molar-refractivity contribution in [3.8, 4) is 22.8 Å². The van der Waals surface area contributed by atoms with Crippen molar-refractivity contribution in [1.82, 2.24) is 19.2 Å². The number of carbonyl (C=O) groups is 1. The highest BCUT2D eigenvalue weighted by Gasteiger charge is 2.27. The molecule has 0 atom stereocenters. The van der Waals surface area contributed by atoms with Gasteiger partial charge in [-0.15, -0.1) is 0 Å². The molecule has 0 radical (unpaired) electrons. The van der Waals surface area contributed by atoms with Crippen LogP contribution in [-0.2, 0) is 7.05 Å². The Bertz CT molecular complexity index is 1320. The number of nitrogens with zero attached hydrogens (tertiary/aromatic N) is 5. The Morgan fingerprint density at radius 1 is 0.971 bits per heavy atom. The Labute approximate surface area is 203 Å². The highest BCUT2D eigenvalue weighted by molar-refractivity contribution is 6.30. The van der Waals surface area contributed by atoms with Crippen molar-refractivity contribution in [2.75, 3.05) is 38.2 Å². The van der Waals surface area contributed by atoms with Crippen molar-refractivity contribution in [2.45, 2.75) is 0 Å². The molecule has 0 aliphatic carbocycles. The fourth-order valence-corrected chi connectivity index (χ4v) is 4.58. The molecule has 4 aromatic rings. The van der Waals surface area contributed by atoms with Crippen molar-refractivity contribution < 1.29 is 9.53 Å². The van der Waals surface area contributed by atoms with Gasteiger partial charge in [-0.05, 0) is 48.5 Å². The van der Waals surface area contributed by atoms with Crippen LogP contribution >= 0.6 is 11.6 Å². The predicted molar refractivity (Wildman–Crippen MR) is 134 cm³/mol. The zero-order valence-corrected chi connectivity index (χ0v) is 19.9. The summed E-state index contributed by atoms with van der Waals surface area (Å²) in [5.74, 6) is 0.793. The first-order valence-corrected chi connectivity index (χ1v) is 11.6. The van der Waals surface area contributed by atoms with E-state index in [1.807, 2.05) is 83.4 Å². The number of para-hydroxylation sites is 2. The third-order valence-corrected chi connectivity index (χ3v) is 6.42. The maximum atomic E-state index is 13.7. The fourth-order valence-electron chi connectivity index (χ4n) is 4.39. The molecule has 0 unspecified atom stereocenters. The SMILES string of the molecule is COc1ccccc1N1CCN(C(=O)c2cc(-c3cccn3C)nn2-c2cccc(Cl)c2)CC1. The second-order valence-electron chi connectivity index (χ2n) is 8.26. The number of halogens is 1. The minimum absolute atomic E-state index is 0.0485. The van der Waals surface area contributed by atoms with E-state index in [0.29, 0.717) is 23.8 Å². The maximum Gasteiger partial charge on any atom is 0.272 e. The molecule has 2 aromatic heterocycles. The molecule has 0 spiro atoms. The molecular weight excluding hydrogens is 450 g/mol. The zero-order chi connectivity index (χ0) is 23.7. The molecule has 1 aliphatic rings. The maximum absolute atomic E-state index is 13.7. The van der Waals surface area contributed by atoms with E-state index in [0.717, 1.165) is 41.6 Å². The molecule has 1 saturated heterocycles. The normalized spacial score (nSPS) is 13.9. The quantitative estimate of drug-likeness (QED) is 0.426.